The third-order valence-electron chi connectivity index (χ3n) is 3.80. The second-order valence-corrected chi connectivity index (χ2v) is 5.10. The molecule has 5 nitrogen and oxygen atoms in total. The number of hydrogen-bond acceptors (Lipinski definition) is 3. The molecule has 2 aromatic rings. The third-order valence-corrected chi connectivity index (χ3v) is 3.80. The van der Waals surface area contributed by atoms with E-state index in [0.717, 1.165) is 36.5 Å². The van der Waals surface area contributed by atoms with Gasteiger partial charge in [-0.05, 0) is 44.0 Å². The first-order valence-electron chi connectivity index (χ1n) is 6.93. The van der Waals surface area contributed by atoms with Crippen molar-refractivity contribution >= 4 is 5.69 Å². The van der Waals surface area contributed by atoms with Gasteiger partial charge in [-0.25, -0.2) is 4.68 Å². The Labute approximate surface area is 117 Å². The fourth-order valence-electron chi connectivity index (χ4n) is 2.66. The fraction of sp³-hybridized carbons (Fsp3) is 0.400. The summed E-state index contributed by atoms with van der Waals surface area (Å²) in [6, 6.07) is 7.45. The van der Waals surface area contributed by atoms with Crippen LogP contribution in [0.2, 0.25) is 0 Å². The van der Waals surface area contributed by atoms with E-state index in [1.807, 2.05) is 35.9 Å². The number of nitrogens with zero attached hydrogens (tertiary/aromatic N) is 2. The van der Waals surface area contributed by atoms with Gasteiger partial charge in [-0.15, -0.1) is 0 Å². The van der Waals surface area contributed by atoms with Crippen LogP contribution in [0.15, 0.2) is 29.1 Å². The van der Waals surface area contributed by atoms with Crippen molar-refractivity contribution in [1.29, 1.82) is 0 Å². The molecule has 1 fully saturated rings. The summed E-state index contributed by atoms with van der Waals surface area (Å²) in [6.45, 7) is 2.76. The first kappa shape index (κ1) is 12.8. The standard InChI is InChI=1S/C15H19N3O2/c1-3-17-14(10-4-5-10)13(16)15(19)18(17)11-6-8-12(20-2)9-7-11/h6-10H,3-5,16H2,1-2H3. The molecule has 5 heteroatoms. The van der Waals surface area contributed by atoms with Crippen LogP contribution in [-0.4, -0.2) is 16.5 Å². The number of nitrogens with two attached hydrogens (primary N) is 1. The van der Waals surface area contributed by atoms with Crippen molar-refractivity contribution in [3.8, 4) is 11.4 Å². The highest BCUT2D eigenvalue weighted by atomic mass is 16.5. The molecule has 0 amide bonds. The van der Waals surface area contributed by atoms with E-state index in [9.17, 15) is 4.79 Å². The average molecular weight is 273 g/mol. The van der Waals surface area contributed by atoms with Crippen molar-refractivity contribution in [3.05, 3.63) is 40.3 Å². The molecule has 3 rings (SSSR count). The fourth-order valence-corrected chi connectivity index (χ4v) is 2.66. The van der Waals surface area contributed by atoms with Gasteiger partial charge in [0.05, 0.1) is 18.5 Å². The maximum Gasteiger partial charge on any atom is 0.294 e. The maximum absolute atomic E-state index is 12.4. The summed E-state index contributed by atoms with van der Waals surface area (Å²) in [5, 5.41) is 0. The monoisotopic (exact) mass is 273 g/mol. The van der Waals surface area contributed by atoms with Crippen LogP contribution in [0.1, 0.15) is 31.4 Å². The predicted molar refractivity (Wildman–Crippen MR) is 78.6 cm³/mol. The number of methoxy groups -OCH3 is 1. The van der Waals surface area contributed by atoms with Crippen LogP contribution in [0.4, 0.5) is 5.69 Å². The van der Waals surface area contributed by atoms with Gasteiger partial charge >= 0.3 is 0 Å². The molecule has 1 saturated carbocycles. The number of rotatable bonds is 4. The van der Waals surface area contributed by atoms with Crippen LogP contribution >= 0.6 is 0 Å². The quantitative estimate of drug-likeness (QED) is 0.928. The zero-order valence-electron chi connectivity index (χ0n) is 11.8. The molecule has 20 heavy (non-hydrogen) atoms. The zero-order valence-corrected chi connectivity index (χ0v) is 11.8. The molecular formula is C15H19N3O2. The molecule has 0 aliphatic heterocycles. The normalized spacial score (nSPS) is 14.5. The van der Waals surface area contributed by atoms with E-state index >= 15 is 0 Å². The Morgan fingerprint density at radius 2 is 1.95 bits per heavy atom. The Bertz CT molecular complexity index is 678. The van der Waals surface area contributed by atoms with Gasteiger partial charge in [-0.3, -0.25) is 9.48 Å². The van der Waals surface area contributed by atoms with Crippen LogP contribution in [0.3, 0.4) is 0 Å². The highest BCUT2D eigenvalue weighted by Crippen LogP contribution is 2.42. The van der Waals surface area contributed by atoms with Gasteiger partial charge in [0.1, 0.15) is 11.4 Å². The summed E-state index contributed by atoms with van der Waals surface area (Å²) in [4.78, 5) is 12.4. The first-order chi connectivity index (χ1) is 9.67. The minimum Gasteiger partial charge on any atom is -0.497 e. The lowest BCUT2D eigenvalue weighted by atomic mass is 10.2. The molecule has 1 aliphatic rings. The molecule has 0 spiro atoms. The van der Waals surface area contributed by atoms with Crippen LogP contribution in [0, 0.1) is 0 Å². The third kappa shape index (κ3) is 1.90. The first-order valence-corrected chi connectivity index (χ1v) is 6.93. The molecule has 0 radical (unpaired) electrons. The van der Waals surface area contributed by atoms with E-state index in [0.29, 0.717) is 11.6 Å². The van der Waals surface area contributed by atoms with Crippen molar-refractivity contribution in [3.63, 3.8) is 0 Å². The van der Waals surface area contributed by atoms with E-state index < -0.39 is 0 Å². The molecular weight excluding hydrogens is 254 g/mol. The number of benzene rings is 1. The van der Waals surface area contributed by atoms with Crippen LogP contribution in [0.5, 0.6) is 5.75 Å². The second-order valence-electron chi connectivity index (χ2n) is 5.10. The lowest BCUT2D eigenvalue weighted by Gasteiger charge is -2.13. The largest absolute Gasteiger partial charge is 0.497 e. The second kappa shape index (κ2) is 4.74. The van der Waals surface area contributed by atoms with Crippen molar-refractivity contribution in [2.24, 2.45) is 0 Å². The van der Waals surface area contributed by atoms with Crippen molar-refractivity contribution in [1.82, 2.24) is 9.36 Å². The summed E-state index contributed by atoms with van der Waals surface area (Å²) in [6.07, 6.45) is 2.24. The lowest BCUT2D eigenvalue weighted by Crippen LogP contribution is -2.22. The summed E-state index contributed by atoms with van der Waals surface area (Å²) >= 11 is 0. The molecule has 1 aromatic heterocycles. The topological polar surface area (TPSA) is 62.2 Å². The van der Waals surface area contributed by atoms with E-state index in [1.54, 1.807) is 11.8 Å². The zero-order chi connectivity index (χ0) is 14.3. The van der Waals surface area contributed by atoms with Crippen molar-refractivity contribution in [2.45, 2.75) is 32.2 Å². The van der Waals surface area contributed by atoms with Gasteiger partial charge in [0.2, 0.25) is 0 Å². The Morgan fingerprint density at radius 3 is 2.45 bits per heavy atom. The molecule has 1 aliphatic carbocycles. The van der Waals surface area contributed by atoms with Gasteiger partial charge in [-0.2, -0.15) is 0 Å². The molecule has 0 saturated heterocycles. The Hall–Kier alpha value is -2.17. The highest BCUT2D eigenvalue weighted by Gasteiger charge is 2.32. The molecule has 1 heterocycles. The van der Waals surface area contributed by atoms with E-state index in [-0.39, 0.29) is 5.56 Å². The summed E-state index contributed by atoms with van der Waals surface area (Å²) < 4.78 is 8.82. The molecule has 2 N–H and O–H groups in total. The average Bonchev–Trinajstić information content (AvgIpc) is 3.27. The van der Waals surface area contributed by atoms with Gasteiger partial charge in [0.15, 0.2) is 0 Å². The van der Waals surface area contributed by atoms with Crippen molar-refractivity contribution < 1.29 is 4.74 Å². The minimum atomic E-state index is -0.126. The van der Waals surface area contributed by atoms with Gasteiger partial charge in [0.25, 0.3) is 5.56 Å². The number of nitrogen functional groups attached to an aromatic ring is 1. The molecule has 1 aromatic carbocycles. The maximum atomic E-state index is 12.4. The van der Waals surface area contributed by atoms with Gasteiger partial charge < -0.3 is 10.5 Å². The Kier molecular flexibility index (Phi) is 3.04. The number of anilines is 1. The molecule has 0 unspecified atom stereocenters. The van der Waals surface area contributed by atoms with Crippen molar-refractivity contribution in [2.75, 3.05) is 12.8 Å². The van der Waals surface area contributed by atoms with Gasteiger partial charge in [-0.1, -0.05) is 0 Å². The summed E-state index contributed by atoms with van der Waals surface area (Å²) in [7, 11) is 1.62. The summed E-state index contributed by atoms with van der Waals surface area (Å²) in [5.41, 5.74) is 8.11. The van der Waals surface area contributed by atoms with Crippen LogP contribution < -0.4 is 16.0 Å². The lowest BCUT2D eigenvalue weighted by molar-refractivity contribution is 0.414. The Morgan fingerprint density at radius 1 is 1.30 bits per heavy atom. The molecule has 0 atom stereocenters. The van der Waals surface area contributed by atoms with Crippen LogP contribution in [0.25, 0.3) is 5.69 Å². The summed E-state index contributed by atoms with van der Waals surface area (Å²) in [5.74, 6) is 1.22. The molecule has 0 bridgehead atoms. The van der Waals surface area contributed by atoms with Crippen LogP contribution in [-0.2, 0) is 6.54 Å². The number of ether oxygens (including phenoxy) is 1. The molecule has 106 valence electrons. The van der Waals surface area contributed by atoms with E-state index in [2.05, 4.69) is 0 Å². The number of hydrogen-bond donors (Lipinski definition) is 1. The smallest absolute Gasteiger partial charge is 0.294 e. The SMILES string of the molecule is CCn1c(C2CC2)c(N)c(=O)n1-c1ccc(OC)cc1. The Balaban J connectivity index is 2.16. The van der Waals surface area contributed by atoms with E-state index in [4.69, 9.17) is 10.5 Å². The minimum absolute atomic E-state index is 0.126. The predicted octanol–water partition coefficient (Wildman–Crippen LogP) is 2.13. The van der Waals surface area contributed by atoms with Gasteiger partial charge in [0, 0.05) is 12.5 Å². The number of aromatic nitrogens is 2. The van der Waals surface area contributed by atoms with E-state index in [1.165, 1.54) is 0 Å². The highest BCUT2D eigenvalue weighted by molar-refractivity contribution is 5.49.